The Morgan fingerprint density at radius 3 is 2.70 bits per heavy atom. The lowest BCUT2D eigenvalue weighted by Gasteiger charge is -2.32. The third-order valence-corrected chi connectivity index (χ3v) is 5.81. The van der Waals surface area contributed by atoms with Gasteiger partial charge in [0.25, 0.3) is 0 Å². The minimum atomic E-state index is -0.246. The highest BCUT2D eigenvalue weighted by Crippen LogP contribution is 2.31. The standard InChI is InChI=1S/C23H28N6O/c1-15(19-8-6-5-7-9-19)13-29-14-18(12-24-29)10-11-20-25-16(2)21-22(26-20)28(4)17(3)23(30)27-21/h5-9,12,14-15,17H,10-11,13H2,1-4H3,(H,27,30)/t15-,17-/m0/s1. The van der Waals surface area contributed by atoms with Crippen LogP contribution in [0.15, 0.2) is 42.7 Å². The maximum absolute atomic E-state index is 12.1. The number of aromatic nitrogens is 4. The average Bonchev–Trinajstić information content (AvgIpc) is 3.19. The van der Waals surface area contributed by atoms with Crippen molar-refractivity contribution in [3.63, 3.8) is 0 Å². The van der Waals surface area contributed by atoms with Gasteiger partial charge in [-0.15, -0.1) is 0 Å². The molecule has 1 aliphatic rings. The van der Waals surface area contributed by atoms with Crippen molar-refractivity contribution in [3.8, 4) is 0 Å². The second-order valence-electron chi connectivity index (χ2n) is 8.08. The number of nitrogens with one attached hydrogen (secondary N) is 1. The van der Waals surface area contributed by atoms with Gasteiger partial charge in [-0.05, 0) is 31.4 Å². The van der Waals surface area contributed by atoms with Crippen molar-refractivity contribution in [2.24, 2.45) is 0 Å². The van der Waals surface area contributed by atoms with Crippen LogP contribution in [0.4, 0.5) is 11.5 Å². The van der Waals surface area contributed by atoms with Crippen molar-refractivity contribution in [3.05, 3.63) is 65.4 Å². The zero-order chi connectivity index (χ0) is 21.3. The first kappa shape index (κ1) is 20.1. The van der Waals surface area contributed by atoms with Crippen molar-refractivity contribution in [1.82, 2.24) is 19.7 Å². The highest BCUT2D eigenvalue weighted by atomic mass is 16.2. The number of aryl methyl sites for hydroxylation is 3. The van der Waals surface area contributed by atoms with Crippen LogP contribution in [0.5, 0.6) is 0 Å². The fraction of sp³-hybridized carbons (Fsp3) is 0.391. The molecule has 0 spiro atoms. The van der Waals surface area contributed by atoms with Gasteiger partial charge in [0.15, 0.2) is 5.82 Å². The first-order valence-corrected chi connectivity index (χ1v) is 10.4. The number of nitrogens with zero attached hydrogens (tertiary/aromatic N) is 5. The Kier molecular flexibility index (Phi) is 5.53. The van der Waals surface area contributed by atoms with Gasteiger partial charge in [0.1, 0.15) is 17.6 Å². The number of carbonyl (C=O) groups excluding carboxylic acids is 1. The maximum Gasteiger partial charge on any atom is 0.246 e. The van der Waals surface area contributed by atoms with Gasteiger partial charge in [-0.3, -0.25) is 9.48 Å². The van der Waals surface area contributed by atoms with Gasteiger partial charge in [-0.1, -0.05) is 37.3 Å². The van der Waals surface area contributed by atoms with E-state index in [1.54, 1.807) is 0 Å². The molecule has 30 heavy (non-hydrogen) atoms. The van der Waals surface area contributed by atoms with Crippen LogP contribution in [-0.4, -0.2) is 38.7 Å². The lowest BCUT2D eigenvalue weighted by Crippen LogP contribution is -2.45. The summed E-state index contributed by atoms with van der Waals surface area (Å²) < 4.78 is 2.01. The minimum Gasteiger partial charge on any atom is -0.346 e. The van der Waals surface area contributed by atoms with Gasteiger partial charge in [0.2, 0.25) is 5.91 Å². The molecular formula is C23H28N6O. The molecule has 1 N–H and O–H groups in total. The Morgan fingerprint density at radius 1 is 1.17 bits per heavy atom. The Morgan fingerprint density at radius 2 is 1.93 bits per heavy atom. The van der Waals surface area contributed by atoms with Crippen molar-refractivity contribution in [2.45, 2.75) is 52.1 Å². The number of rotatable bonds is 6. The summed E-state index contributed by atoms with van der Waals surface area (Å²) in [6.07, 6.45) is 5.59. The van der Waals surface area contributed by atoms with Gasteiger partial charge in [-0.25, -0.2) is 9.97 Å². The van der Waals surface area contributed by atoms with Gasteiger partial charge < -0.3 is 10.2 Å². The molecule has 0 bridgehead atoms. The van der Waals surface area contributed by atoms with E-state index in [9.17, 15) is 4.79 Å². The number of fused-ring (bicyclic) bond motifs is 1. The summed E-state index contributed by atoms with van der Waals surface area (Å²) in [5.74, 6) is 1.95. The SMILES string of the molecule is Cc1nc(CCc2cnn(C[C@H](C)c3ccccc3)c2)nc2c1NC(=O)[C@H](C)N2C. The van der Waals surface area contributed by atoms with E-state index in [0.717, 1.165) is 36.7 Å². The van der Waals surface area contributed by atoms with Crippen molar-refractivity contribution < 1.29 is 4.79 Å². The second kappa shape index (κ2) is 8.26. The van der Waals surface area contributed by atoms with E-state index in [4.69, 9.17) is 4.98 Å². The normalized spacial score (nSPS) is 16.9. The van der Waals surface area contributed by atoms with Gasteiger partial charge in [-0.2, -0.15) is 5.10 Å². The van der Waals surface area contributed by atoms with E-state index >= 15 is 0 Å². The van der Waals surface area contributed by atoms with Crippen LogP contribution in [0.1, 0.15) is 42.4 Å². The number of likely N-dealkylation sites (N-methyl/N-ethyl adjacent to an activating group) is 1. The molecule has 2 aromatic heterocycles. The molecule has 2 atom stereocenters. The second-order valence-corrected chi connectivity index (χ2v) is 8.08. The molecular weight excluding hydrogens is 376 g/mol. The number of hydrogen-bond acceptors (Lipinski definition) is 5. The van der Waals surface area contributed by atoms with E-state index in [0.29, 0.717) is 11.6 Å². The lowest BCUT2D eigenvalue weighted by atomic mass is 10.0. The maximum atomic E-state index is 12.1. The minimum absolute atomic E-state index is 0.0263. The molecule has 7 heteroatoms. The lowest BCUT2D eigenvalue weighted by molar-refractivity contribution is -0.117. The van der Waals surface area contributed by atoms with Crippen LogP contribution < -0.4 is 10.2 Å². The molecule has 7 nitrogen and oxygen atoms in total. The average molecular weight is 405 g/mol. The van der Waals surface area contributed by atoms with E-state index in [2.05, 4.69) is 52.8 Å². The molecule has 0 saturated carbocycles. The molecule has 0 unspecified atom stereocenters. The van der Waals surface area contributed by atoms with Crippen LogP contribution in [-0.2, 0) is 24.2 Å². The Labute approximate surface area is 177 Å². The topological polar surface area (TPSA) is 75.9 Å². The quantitative estimate of drug-likeness (QED) is 0.682. The number of hydrogen-bond donors (Lipinski definition) is 1. The first-order valence-electron chi connectivity index (χ1n) is 10.4. The van der Waals surface area contributed by atoms with Crippen LogP contribution in [0, 0.1) is 6.92 Å². The van der Waals surface area contributed by atoms with Crippen molar-refractivity contribution in [1.29, 1.82) is 0 Å². The van der Waals surface area contributed by atoms with Gasteiger partial charge in [0.05, 0.1) is 11.9 Å². The van der Waals surface area contributed by atoms with Crippen molar-refractivity contribution in [2.75, 3.05) is 17.3 Å². The number of anilines is 2. The van der Waals surface area contributed by atoms with E-state index in [1.165, 1.54) is 11.1 Å². The molecule has 0 radical (unpaired) electrons. The van der Waals surface area contributed by atoms with Crippen LogP contribution in [0.25, 0.3) is 0 Å². The van der Waals surface area contributed by atoms with Crippen LogP contribution >= 0.6 is 0 Å². The smallest absolute Gasteiger partial charge is 0.246 e. The molecule has 0 saturated heterocycles. The summed E-state index contributed by atoms with van der Waals surface area (Å²) in [7, 11) is 1.90. The monoisotopic (exact) mass is 404 g/mol. The van der Waals surface area contributed by atoms with E-state index < -0.39 is 0 Å². The fourth-order valence-electron chi connectivity index (χ4n) is 3.77. The highest BCUT2D eigenvalue weighted by Gasteiger charge is 2.30. The summed E-state index contributed by atoms with van der Waals surface area (Å²) in [4.78, 5) is 23.3. The Balaban J connectivity index is 1.42. The fourth-order valence-corrected chi connectivity index (χ4v) is 3.77. The van der Waals surface area contributed by atoms with E-state index in [1.807, 2.05) is 42.7 Å². The molecule has 1 aliphatic heterocycles. The van der Waals surface area contributed by atoms with Gasteiger partial charge in [0, 0.05) is 32.1 Å². The molecule has 0 fully saturated rings. The molecule has 0 aliphatic carbocycles. The highest BCUT2D eigenvalue weighted by molar-refractivity contribution is 6.02. The number of amides is 1. The Hall–Kier alpha value is -3.22. The molecule has 3 heterocycles. The molecule has 156 valence electrons. The summed E-state index contributed by atoms with van der Waals surface area (Å²) in [5.41, 5.74) is 4.00. The zero-order valence-electron chi connectivity index (χ0n) is 18.0. The molecule has 1 aromatic carbocycles. The third kappa shape index (κ3) is 4.06. The van der Waals surface area contributed by atoms with Crippen LogP contribution in [0.3, 0.4) is 0 Å². The zero-order valence-corrected chi connectivity index (χ0v) is 18.0. The molecule has 1 amide bonds. The van der Waals surface area contributed by atoms with Crippen molar-refractivity contribution >= 4 is 17.4 Å². The molecule has 4 rings (SSSR count). The summed E-state index contributed by atoms with van der Waals surface area (Å²) in [6, 6.07) is 10.3. The molecule has 3 aromatic rings. The summed E-state index contributed by atoms with van der Waals surface area (Å²) in [5, 5.41) is 7.46. The first-order chi connectivity index (χ1) is 14.4. The Bertz CT molecular complexity index is 1050. The predicted molar refractivity (Wildman–Crippen MR) is 118 cm³/mol. The summed E-state index contributed by atoms with van der Waals surface area (Å²) in [6.45, 7) is 6.86. The third-order valence-electron chi connectivity index (χ3n) is 5.81. The predicted octanol–water partition coefficient (Wildman–Crippen LogP) is 3.35. The summed E-state index contributed by atoms with van der Waals surface area (Å²) >= 11 is 0. The number of carbonyl (C=O) groups is 1. The van der Waals surface area contributed by atoms with E-state index in [-0.39, 0.29) is 11.9 Å². The number of benzene rings is 1. The van der Waals surface area contributed by atoms with Crippen LogP contribution in [0.2, 0.25) is 0 Å². The largest absolute Gasteiger partial charge is 0.346 e. The van der Waals surface area contributed by atoms with Gasteiger partial charge >= 0.3 is 0 Å².